The minimum atomic E-state index is -0.878. The molecule has 1 saturated heterocycles. The van der Waals surface area contributed by atoms with Gasteiger partial charge >= 0.3 is 6.03 Å². The summed E-state index contributed by atoms with van der Waals surface area (Å²) in [5, 5.41) is 6.32. The molecule has 3 rings (SSSR count). The molecule has 1 aliphatic heterocycles. The zero-order chi connectivity index (χ0) is 17.5. The highest BCUT2D eigenvalue weighted by atomic mass is 35.5. The summed E-state index contributed by atoms with van der Waals surface area (Å²) in [4.78, 5) is 37.5. The van der Waals surface area contributed by atoms with Gasteiger partial charge in [-0.1, -0.05) is 29.3 Å². The lowest BCUT2D eigenvalue weighted by Gasteiger charge is -2.20. The molecule has 4 amide bonds. The van der Waals surface area contributed by atoms with Crippen molar-refractivity contribution in [3.8, 4) is 0 Å². The van der Waals surface area contributed by atoms with E-state index in [1.165, 1.54) is 0 Å². The van der Waals surface area contributed by atoms with Gasteiger partial charge in [0.05, 0.1) is 0 Å². The minimum Gasteiger partial charge on any atom is -0.350 e. The Kier molecular flexibility index (Phi) is 4.44. The van der Waals surface area contributed by atoms with Crippen molar-refractivity contribution in [2.75, 3.05) is 6.54 Å². The van der Waals surface area contributed by atoms with Crippen LogP contribution in [0.1, 0.15) is 25.3 Å². The zero-order valence-corrected chi connectivity index (χ0v) is 14.6. The van der Waals surface area contributed by atoms with Gasteiger partial charge in [0.1, 0.15) is 12.1 Å². The van der Waals surface area contributed by atoms with Crippen molar-refractivity contribution in [1.82, 2.24) is 15.5 Å². The molecule has 2 aliphatic rings. The molecule has 0 aromatic heterocycles. The van der Waals surface area contributed by atoms with Gasteiger partial charge in [-0.15, -0.1) is 0 Å². The number of nitrogens with zero attached hydrogens (tertiary/aromatic N) is 1. The average molecular weight is 370 g/mol. The zero-order valence-electron chi connectivity index (χ0n) is 13.1. The fourth-order valence-corrected chi connectivity index (χ4v) is 3.33. The maximum Gasteiger partial charge on any atom is 0.325 e. The van der Waals surface area contributed by atoms with Crippen LogP contribution in [0.4, 0.5) is 4.79 Å². The third kappa shape index (κ3) is 3.21. The van der Waals surface area contributed by atoms with Gasteiger partial charge in [-0.3, -0.25) is 14.5 Å². The van der Waals surface area contributed by atoms with Crippen LogP contribution in [0.2, 0.25) is 10.0 Å². The lowest BCUT2D eigenvalue weighted by atomic mass is 9.96. The maximum atomic E-state index is 12.4. The number of benzene rings is 1. The lowest BCUT2D eigenvalue weighted by Crippen LogP contribution is -2.46. The van der Waals surface area contributed by atoms with E-state index in [-0.39, 0.29) is 24.9 Å². The molecule has 2 N–H and O–H groups in total. The van der Waals surface area contributed by atoms with Gasteiger partial charge in [-0.25, -0.2) is 4.79 Å². The number of halogens is 2. The quantitative estimate of drug-likeness (QED) is 0.781. The molecule has 1 atom stereocenters. The summed E-state index contributed by atoms with van der Waals surface area (Å²) >= 11 is 11.9. The third-order valence-corrected chi connectivity index (χ3v) is 5.07. The number of amides is 4. The molecule has 1 aliphatic carbocycles. The predicted octanol–water partition coefficient (Wildman–Crippen LogP) is 2.33. The largest absolute Gasteiger partial charge is 0.350 e. The van der Waals surface area contributed by atoms with E-state index in [1.54, 1.807) is 25.1 Å². The molecule has 1 aromatic rings. The van der Waals surface area contributed by atoms with Crippen LogP contribution in [-0.4, -0.2) is 34.8 Å². The van der Waals surface area contributed by atoms with Crippen LogP contribution in [0.25, 0.3) is 0 Å². The van der Waals surface area contributed by atoms with Gasteiger partial charge in [-0.2, -0.15) is 0 Å². The predicted molar refractivity (Wildman–Crippen MR) is 89.7 cm³/mol. The highest BCUT2D eigenvalue weighted by Crippen LogP contribution is 2.42. The highest BCUT2D eigenvalue weighted by Gasteiger charge is 2.56. The first-order valence-electron chi connectivity index (χ1n) is 7.66. The van der Waals surface area contributed by atoms with Crippen molar-refractivity contribution in [2.45, 2.75) is 31.8 Å². The van der Waals surface area contributed by atoms with Crippen molar-refractivity contribution in [2.24, 2.45) is 5.92 Å². The Morgan fingerprint density at radius 2 is 2.08 bits per heavy atom. The Bertz CT molecular complexity index is 721. The number of nitrogens with one attached hydrogen (secondary N) is 2. The van der Waals surface area contributed by atoms with Crippen molar-refractivity contribution in [1.29, 1.82) is 0 Å². The first kappa shape index (κ1) is 17.0. The van der Waals surface area contributed by atoms with Crippen LogP contribution in [0.3, 0.4) is 0 Å². The molecule has 2 fully saturated rings. The minimum absolute atomic E-state index is 0.162. The molecule has 1 saturated carbocycles. The molecule has 1 heterocycles. The Labute approximate surface area is 149 Å². The molecule has 8 heteroatoms. The van der Waals surface area contributed by atoms with E-state index < -0.39 is 17.5 Å². The molecule has 128 valence electrons. The van der Waals surface area contributed by atoms with Crippen LogP contribution in [0, 0.1) is 5.92 Å². The SMILES string of the molecule is C[C@@]1(C2CC2)NC(=O)N(CC(=O)NCc2ccc(Cl)cc2Cl)C1=O. The fraction of sp³-hybridized carbons (Fsp3) is 0.438. The standard InChI is InChI=1S/C16H17Cl2N3O3/c1-16(10-3-4-10)14(23)21(15(24)20-16)8-13(22)19-7-9-2-5-11(17)6-12(9)18/h2,5-6,10H,3-4,7-8H2,1H3,(H,19,22)(H,20,24)/t16-/m0/s1. The van der Waals surface area contributed by atoms with Crippen molar-refractivity contribution in [3.63, 3.8) is 0 Å². The smallest absolute Gasteiger partial charge is 0.325 e. The van der Waals surface area contributed by atoms with Crippen molar-refractivity contribution in [3.05, 3.63) is 33.8 Å². The van der Waals surface area contributed by atoms with Gasteiger partial charge < -0.3 is 10.6 Å². The summed E-state index contributed by atoms with van der Waals surface area (Å²) in [6, 6.07) is 4.45. The van der Waals surface area contributed by atoms with Gasteiger partial charge in [0, 0.05) is 16.6 Å². The van der Waals surface area contributed by atoms with Crippen LogP contribution in [0.5, 0.6) is 0 Å². The number of hydrogen-bond acceptors (Lipinski definition) is 3. The van der Waals surface area contributed by atoms with Crippen LogP contribution in [0.15, 0.2) is 18.2 Å². The Balaban J connectivity index is 1.58. The second-order valence-electron chi connectivity index (χ2n) is 6.31. The molecular weight excluding hydrogens is 353 g/mol. The van der Waals surface area contributed by atoms with Gasteiger partial charge in [0.2, 0.25) is 5.91 Å². The lowest BCUT2D eigenvalue weighted by molar-refractivity contribution is -0.135. The van der Waals surface area contributed by atoms with Crippen LogP contribution < -0.4 is 10.6 Å². The summed E-state index contributed by atoms with van der Waals surface area (Å²) < 4.78 is 0. The molecule has 0 bridgehead atoms. The van der Waals surface area contributed by atoms with E-state index in [0.29, 0.717) is 15.6 Å². The van der Waals surface area contributed by atoms with E-state index in [9.17, 15) is 14.4 Å². The van der Waals surface area contributed by atoms with Gasteiger partial charge in [0.15, 0.2) is 0 Å². The Morgan fingerprint density at radius 1 is 1.38 bits per heavy atom. The maximum absolute atomic E-state index is 12.4. The monoisotopic (exact) mass is 369 g/mol. The first-order valence-corrected chi connectivity index (χ1v) is 8.41. The highest BCUT2D eigenvalue weighted by molar-refractivity contribution is 6.35. The van der Waals surface area contributed by atoms with E-state index in [4.69, 9.17) is 23.2 Å². The number of rotatable bonds is 5. The van der Waals surface area contributed by atoms with E-state index in [1.807, 2.05) is 0 Å². The summed E-state index contributed by atoms with van der Waals surface area (Å²) in [6.45, 7) is 1.60. The third-order valence-electron chi connectivity index (χ3n) is 4.49. The van der Waals surface area contributed by atoms with Gasteiger partial charge in [-0.05, 0) is 43.4 Å². The number of urea groups is 1. The Morgan fingerprint density at radius 3 is 2.71 bits per heavy atom. The van der Waals surface area contributed by atoms with E-state index in [2.05, 4.69) is 10.6 Å². The summed E-state index contributed by atoms with van der Waals surface area (Å²) in [6.07, 6.45) is 1.83. The fourth-order valence-electron chi connectivity index (χ4n) is 2.86. The normalized spacial score (nSPS) is 23.4. The summed E-state index contributed by atoms with van der Waals surface area (Å²) in [5.74, 6) is -0.603. The molecule has 24 heavy (non-hydrogen) atoms. The molecule has 0 spiro atoms. The molecule has 0 unspecified atom stereocenters. The summed E-state index contributed by atoms with van der Waals surface area (Å²) in [7, 11) is 0. The van der Waals surface area contributed by atoms with Crippen molar-refractivity contribution >= 4 is 41.0 Å². The van der Waals surface area contributed by atoms with Crippen LogP contribution >= 0.6 is 23.2 Å². The van der Waals surface area contributed by atoms with Crippen molar-refractivity contribution < 1.29 is 14.4 Å². The molecular formula is C16H17Cl2N3O3. The van der Waals surface area contributed by atoms with Gasteiger partial charge in [0.25, 0.3) is 5.91 Å². The molecule has 1 aromatic carbocycles. The van der Waals surface area contributed by atoms with E-state index in [0.717, 1.165) is 17.7 Å². The molecule has 6 nitrogen and oxygen atoms in total. The average Bonchev–Trinajstić information content (AvgIpc) is 3.33. The topological polar surface area (TPSA) is 78.5 Å². The second-order valence-corrected chi connectivity index (χ2v) is 7.15. The number of carbonyl (C=O) groups is 3. The first-order chi connectivity index (χ1) is 11.3. The summed E-state index contributed by atoms with van der Waals surface area (Å²) in [5.41, 5.74) is -0.175. The molecule has 0 radical (unpaired) electrons. The van der Waals surface area contributed by atoms with E-state index >= 15 is 0 Å². The Hall–Kier alpha value is -1.79. The van der Waals surface area contributed by atoms with Crippen LogP contribution in [-0.2, 0) is 16.1 Å². The number of hydrogen-bond donors (Lipinski definition) is 2. The second kappa shape index (κ2) is 6.26. The number of carbonyl (C=O) groups excluding carboxylic acids is 3. The number of imide groups is 1.